The molecule has 31 heavy (non-hydrogen) atoms. The van der Waals surface area contributed by atoms with Gasteiger partial charge in [0.05, 0.1) is 5.69 Å². The lowest BCUT2D eigenvalue weighted by Crippen LogP contribution is -2.50. The van der Waals surface area contributed by atoms with Crippen LogP contribution in [0.2, 0.25) is 0 Å². The Balaban J connectivity index is 1.41. The van der Waals surface area contributed by atoms with Gasteiger partial charge in [-0.25, -0.2) is 9.98 Å². The minimum Gasteiger partial charge on any atom is -0.457 e. The number of nitrogens with two attached hydrogens (primary N) is 1. The Bertz CT molecular complexity index is 1210. The smallest absolute Gasteiger partial charge is 0.282 e. The van der Waals surface area contributed by atoms with Gasteiger partial charge in [0.25, 0.3) is 11.6 Å². The van der Waals surface area contributed by atoms with Crippen molar-refractivity contribution in [2.45, 2.75) is 5.66 Å². The van der Waals surface area contributed by atoms with Crippen molar-refractivity contribution in [2.24, 2.45) is 15.7 Å². The number of guanidine groups is 2. The van der Waals surface area contributed by atoms with Gasteiger partial charge in [-0.2, -0.15) is 0 Å². The van der Waals surface area contributed by atoms with E-state index in [1.807, 2.05) is 78.9 Å². The highest BCUT2D eigenvalue weighted by Gasteiger charge is 2.52. The van der Waals surface area contributed by atoms with E-state index in [4.69, 9.17) is 10.5 Å². The number of hydrogen-bond donors (Lipinski definition) is 3. The molecule has 0 unspecified atom stereocenters. The maximum Gasteiger partial charge on any atom is 0.282 e. The number of amides is 1. The second-order valence-corrected chi connectivity index (χ2v) is 7.20. The molecule has 3 aromatic rings. The standard InChI is InChI=1S/C23H20N6O2/c1-29-19-10-6-5-9-18(19)23(20(29)30)27-21(24)26-22(28-23)25-15-11-13-17(14-12-15)31-16-7-3-2-4-8-16/h2-14H,1H3,(H4,24,25,26,27,28)/t23-/m0/s1. The van der Waals surface area contributed by atoms with E-state index in [9.17, 15) is 4.79 Å². The fraction of sp³-hybridized carbons (Fsp3) is 0.0870. The van der Waals surface area contributed by atoms with Crippen LogP contribution in [0.5, 0.6) is 11.5 Å². The zero-order valence-electron chi connectivity index (χ0n) is 16.7. The SMILES string of the molecule is CN1C(=O)[C@]2(N=C(N)NC(Nc3ccc(Oc4ccccc4)cc3)=N2)c2ccccc21. The molecular formula is C23H20N6O2. The summed E-state index contributed by atoms with van der Waals surface area (Å²) in [7, 11) is 1.71. The predicted molar refractivity (Wildman–Crippen MR) is 120 cm³/mol. The molecule has 0 radical (unpaired) electrons. The van der Waals surface area contributed by atoms with Crippen LogP contribution in [-0.2, 0) is 10.5 Å². The number of para-hydroxylation sites is 2. The molecule has 0 saturated carbocycles. The molecule has 0 fully saturated rings. The van der Waals surface area contributed by atoms with E-state index >= 15 is 0 Å². The summed E-state index contributed by atoms with van der Waals surface area (Å²) in [4.78, 5) is 23.6. The highest BCUT2D eigenvalue weighted by atomic mass is 16.5. The number of likely N-dealkylation sites (N-methyl/N-ethyl adjacent to an activating group) is 1. The lowest BCUT2D eigenvalue weighted by Gasteiger charge is -2.26. The first-order valence-corrected chi connectivity index (χ1v) is 9.75. The fourth-order valence-corrected chi connectivity index (χ4v) is 3.70. The zero-order chi connectivity index (χ0) is 21.4. The number of nitrogens with one attached hydrogen (secondary N) is 2. The number of anilines is 2. The molecule has 0 saturated heterocycles. The second kappa shape index (κ2) is 7.17. The van der Waals surface area contributed by atoms with Crippen molar-refractivity contribution >= 4 is 29.2 Å². The first-order chi connectivity index (χ1) is 15.0. The van der Waals surface area contributed by atoms with Crippen molar-refractivity contribution in [3.8, 4) is 11.5 Å². The van der Waals surface area contributed by atoms with Gasteiger partial charge in [0, 0.05) is 18.3 Å². The number of hydrogen-bond acceptors (Lipinski definition) is 7. The predicted octanol–water partition coefficient (Wildman–Crippen LogP) is 2.99. The Hall–Kier alpha value is -4.33. The third kappa shape index (κ3) is 3.24. The van der Waals surface area contributed by atoms with E-state index in [-0.39, 0.29) is 11.9 Å². The molecule has 8 heteroatoms. The molecule has 1 amide bonds. The van der Waals surface area contributed by atoms with Gasteiger partial charge in [-0.3, -0.25) is 10.1 Å². The van der Waals surface area contributed by atoms with Crippen molar-refractivity contribution < 1.29 is 9.53 Å². The number of fused-ring (bicyclic) bond motifs is 2. The van der Waals surface area contributed by atoms with E-state index in [0.717, 1.165) is 17.1 Å². The number of aliphatic imine (C=N–C) groups is 2. The van der Waals surface area contributed by atoms with Crippen LogP contribution in [0.25, 0.3) is 0 Å². The Kier molecular flexibility index (Phi) is 4.32. The Morgan fingerprint density at radius 2 is 1.61 bits per heavy atom. The highest BCUT2D eigenvalue weighted by molar-refractivity contribution is 6.14. The second-order valence-electron chi connectivity index (χ2n) is 7.20. The van der Waals surface area contributed by atoms with Crippen LogP contribution in [0.3, 0.4) is 0 Å². The van der Waals surface area contributed by atoms with E-state index in [1.165, 1.54) is 0 Å². The van der Waals surface area contributed by atoms with Gasteiger partial charge in [-0.15, -0.1) is 0 Å². The molecule has 5 rings (SSSR count). The van der Waals surface area contributed by atoms with E-state index < -0.39 is 5.66 Å². The van der Waals surface area contributed by atoms with Gasteiger partial charge in [0.15, 0.2) is 5.96 Å². The van der Waals surface area contributed by atoms with Gasteiger partial charge >= 0.3 is 0 Å². The van der Waals surface area contributed by atoms with Gasteiger partial charge in [-0.05, 0) is 42.5 Å². The molecule has 2 heterocycles. The molecule has 154 valence electrons. The third-order valence-electron chi connectivity index (χ3n) is 5.14. The molecule has 2 aliphatic heterocycles. The largest absolute Gasteiger partial charge is 0.457 e. The zero-order valence-corrected chi connectivity index (χ0v) is 16.7. The summed E-state index contributed by atoms with van der Waals surface area (Å²) in [6.07, 6.45) is 0. The maximum absolute atomic E-state index is 13.1. The van der Waals surface area contributed by atoms with Crippen LogP contribution in [0.1, 0.15) is 5.56 Å². The van der Waals surface area contributed by atoms with Crippen LogP contribution >= 0.6 is 0 Å². The number of rotatable bonds is 3. The van der Waals surface area contributed by atoms with Crippen molar-refractivity contribution in [3.63, 3.8) is 0 Å². The molecule has 0 bridgehead atoms. The quantitative estimate of drug-likeness (QED) is 0.614. The molecule has 4 N–H and O–H groups in total. The lowest BCUT2D eigenvalue weighted by atomic mass is 10.0. The topological polar surface area (TPSA) is 104 Å². The Labute approximate surface area is 179 Å². The summed E-state index contributed by atoms with van der Waals surface area (Å²) < 4.78 is 5.82. The van der Waals surface area contributed by atoms with Crippen LogP contribution in [0.4, 0.5) is 11.4 Å². The Morgan fingerprint density at radius 3 is 2.39 bits per heavy atom. The molecule has 0 aromatic heterocycles. The third-order valence-corrected chi connectivity index (χ3v) is 5.14. The minimum atomic E-state index is -1.43. The number of benzene rings is 3. The Morgan fingerprint density at radius 1 is 0.935 bits per heavy atom. The first kappa shape index (κ1) is 18.7. The van der Waals surface area contributed by atoms with Crippen molar-refractivity contribution in [2.75, 3.05) is 17.3 Å². The van der Waals surface area contributed by atoms with E-state index in [2.05, 4.69) is 20.6 Å². The minimum absolute atomic E-state index is 0.111. The van der Waals surface area contributed by atoms with Crippen LogP contribution in [0, 0.1) is 0 Å². The summed E-state index contributed by atoms with van der Waals surface area (Å²) in [5, 5.41) is 6.07. The fourth-order valence-electron chi connectivity index (χ4n) is 3.70. The van der Waals surface area contributed by atoms with E-state index in [0.29, 0.717) is 17.3 Å². The number of carbonyl (C=O) groups is 1. The lowest BCUT2D eigenvalue weighted by molar-refractivity contribution is -0.122. The molecule has 1 atom stereocenters. The van der Waals surface area contributed by atoms with Crippen molar-refractivity contribution in [1.82, 2.24) is 5.32 Å². The monoisotopic (exact) mass is 412 g/mol. The molecule has 8 nitrogen and oxygen atoms in total. The van der Waals surface area contributed by atoms with Crippen molar-refractivity contribution in [3.05, 3.63) is 84.4 Å². The highest BCUT2D eigenvalue weighted by Crippen LogP contribution is 2.43. The summed E-state index contributed by atoms with van der Waals surface area (Å²) in [5.41, 5.74) is 6.81. The molecular weight excluding hydrogens is 392 g/mol. The normalized spacial score (nSPS) is 19.4. The van der Waals surface area contributed by atoms with Gasteiger partial charge in [-0.1, -0.05) is 36.4 Å². The van der Waals surface area contributed by atoms with Crippen LogP contribution in [-0.4, -0.2) is 24.9 Å². The number of carbonyl (C=O) groups excluding carboxylic acids is 1. The summed E-state index contributed by atoms with van der Waals surface area (Å²) in [6, 6.07) is 24.4. The van der Waals surface area contributed by atoms with Crippen molar-refractivity contribution in [1.29, 1.82) is 0 Å². The van der Waals surface area contributed by atoms with Crippen LogP contribution in [0.15, 0.2) is 88.8 Å². The maximum atomic E-state index is 13.1. The number of ether oxygens (including phenoxy) is 1. The molecule has 0 aliphatic carbocycles. The summed E-state index contributed by atoms with van der Waals surface area (Å²) in [5.74, 6) is 1.65. The molecule has 3 aromatic carbocycles. The van der Waals surface area contributed by atoms with Crippen LogP contribution < -0.4 is 26.0 Å². The number of nitrogens with zero attached hydrogens (tertiary/aromatic N) is 3. The van der Waals surface area contributed by atoms with Gasteiger partial charge < -0.3 is 20.7 Å². The molecule has 1 spiro atoms. The average molecular weight is 412 g/mol. The average Bonchev–Trinajstić information content (AvgIpc) is 2.97. The van der Waals surface area contributed by atoms with E-state index in [1.54, 1.807) is 11.9 Å². The molecule has 2 aliphatic rings. The van der Waals surface area contributed by atoms with Gasteiger partial charge in [0.2, 0.25) is 5.96 Å². The summed E-state index contributed by atoms with van der Waals surface area (Å²) in [6.45, 7) is 0. The first-order valence-electron chi connectivity index (χ1n) is 9.75. The summed E-state index contributed by atoms with van der Waals surface area (Å²) >= 11 is 0. The van der Waals surface area contributed by atoms with Gasteiger partial charge in [0.1, 0.15) is 11.5 Å².